The van der Waals surface area contributed by atoms with E-state index in [-0.39, 0.29) is 11.0 Å². The summed E-state index contributed by atoms with van der Waals surface area (Å²) in [5.74, 6) is 0.370. The summed E-state index contributed by atoms with van der Waals surface area (Å²) >= 11 is 0. The fourth-order valence-electron chi connectivity index (χ4n) is 4.79. The first-order valence-electron chi connectivity index (χ1n) is 11.9. The third-order valence-corrected chi connectivity index (χ3v) is 7.87. The molecule has 36 heavy (non-hydrogen) atoms. The van der Waals surface area contributed by atoms with Crippen LogP contribution in [-0.4, -0.2) is 35.2 Å². The third-order valence-electron chi connectivity index (χ3n) is 6.58. The molecule has 2 amide bonds. The summed E-state index contributed by atoms with van der Waals surface area (Å²) in [5, 5.41) is 7.13. The number of carbonyl (C=O) groups excluding carboxylic acids is 1. The molecule has 1 aromatic carbocycles. The second kappa shape index (κ2) is 8.63. The number of aromatic nitrogens is 3. The molecule has 1 fully saturated rings. The van der Waals surface area contributed by atoms with Crippen LogP contribution in [0, 0.1) is 6.92 Å². The molecular formula is C26H25N5O4S. The van der Waals surface area contributed by atoms with Gasteiger partial charge in [0.2, 0.25) is 0 Å². The summed E-state index contributed by atoms with van der Waals surface area (Å²) in [6.45, 7) is 2.01. The van der Waals surface area contributed by atoms with E-state index in [1.54, 1.807) is 10.7 Å². The Kier molecular flexibility index (Phi) is 5.40. The Morgan fingerprint density at radius 1 is 1.14 bits per heavy atom. The number of hydrogen-bond acceptors (Lipinski definition) is 6. The van der Waals surface area contributed by atoms with E-state index in [0.29, 0.717) is 11.4 Å². The number of hydrogen-bond donors (Lipinski definition) is 2. The van der Waals surface area contributed by atoms with Gasteiger partial charge in [-0.25, -0.2) is 22.4 Å². The number of ether oxygens (including phenoxy) is 1. The van der Waals surface area contributed by atoms with Crippen LogP contribution in [0.5, 0.6) is 5.75 Å². The van der Waals surface area contributed by atoms with Crippen molar-refractivity contribution in [2.45, 2.75) is 50.0 Å². The number of benzene rings is 1. The first-order chi connectivity index (χ1) is 17.4. The van der Waals surface area contributed by atoms with E-state index in [4.69, 9.17) is 4.74 Å². The maximum Gasteiger partial charge on any atom is 0.333 e. The maximum absolute atomic E-state index is 13.1. The van der Waals surface area contributed by atoms with E-state index in [0.717, 1.165) is 59.9 Å². The monoisotopic (exact) mass is 503 g/mol. The number of nitrogens with zero attached hydrogens (tertiary/aromatic N) is 3. The van der Waals surface area contributed by atoms with Crippen molar-refractivity contribution in [2.24, 2.45) is 0 Å². The van der Waals surface area contributed by atoms with Gasteiger partial charge in [0.1, 0.15) is 10.6 Å². The summed E-state index contributed by atoms with van der Waals surface area (Å²) in [4.78, 5) is 16.9. The van der Waals surface area contributed by atoms with Gasteiger partial charge in [-0.3, -0.25) is 4.98 Å². The van der Waals surface area contributed by atoms with Crippen LogP contribution < -0.4 is 14.8 Å². The molecule has 0 spiro atoms. The number of rotatable bonds is 6. The SMILES string of the molecule is Cc1cc2c(c(NC(=O)NS(=O)(=O)c3cncc(OC4CC4)c3)c1-c1ccn3nccc3c1)CCC2. The summed E-state index contributed by atoms with van der Waals surface area (Å²) in [5.41, 5.74) is 6.57. The van der Waals surface area contributed by atoms with Crippen LogP contribution in [0.1, 0.15) is 36.0 Å². The predicted molar refractivity (Wildman–Crippen MR) is 135 cm³/mol. The fraction of sp³-hybridized carbons (Fsp3) is 0.269. The number of pyridine rings is 2. The van der Waals surface area contributed by atoms with Gasteiger partial charge in [-0.1, -0.05) is 6.07 Å². The molecule has 2 aliphatic rings. The van der Waals surface area contributed by atoms with Crippen molar-refractivity contribution in [1.82, 2.24) is 19.3 Å². The number of aryl methyl sites for hydroxylation is 2. The molecule has 6 rings (SSSR count). The lowest BCUT2D eigenvalue weighted by molar-refractivity contribution is 0.256. The zero-order valence-corrected chi connectivity index (χ0v) is 20.5. The van der Waals surface area contributed by atoms with Crippen LogP contribution in [0.15, 0.2) is 60.0 Å². The number of carbonyl (C=O) groups is 1. The molecule has 0 bridgehead atoms. The zero-order valence-electron chi connectivity index (χ0n) is 19.7. The molecule has 1 saturated carbocycles. The Labute approximate surface area is 208 Å². The van der Waals surface area contributed by atoms with Crippen molar-refractivity contribution in [3.63, 3.8) is 0 Å². The average Bonchev–Trinajstić information content (AvgIpc) is 3.32. The lowest BCUT2D eigenvalue weighted by Crippen LogP contribution is -2.35. The van der Waals surface area contributed by atoms with E-state index in [1.807, 2.05) is 31.3 Å². The van der Waals surface area contributed by atoms with Crippen molar-refractivity contribution in [3.05, 3.63) is 71.8 Å². The molecule has 0 radical (unpaired) electrons. The normalized spacial score (nSPS) is 15.0. The largest absolute Gasteiger partial charge is 0.489 e. The van der Waals surface area contributed by atoms with Gasteiger partial charge in [0.25, 0.3) is 10.0 Å². The highest BCUT2D eigenvalue weighted by atomic mass is 32.2. The molecule has 0 aliphatic heterocycles. The summed E-state index contributed by atoms with van der Waals surface area (Å²) in [7, 11) is -4.16. The van der Waals surface area contributed by atoms with Crippen LogP contribution >= 0.6 is 0 Å². The molecule has 4 aromatic rings. The standard InChI is InChI=1S/C26H25N5O4S/c1-16-11-17-3-2-4-23(17)25(24(16)18-8-10-31-19(12-18)7-9-28-31)29-26(32)30-36(33,34)22-13-21(14-27-15-22)35-20-5-6-20/h7-15,20H,2-6H2,1H3,(H2,29,30,32). The van der Waals surface area contributed by atoms with E-state index >= 15 is 0 Å². The quantitative estimate of drug-likeness (QED) is 0.407. The number of fused-ring (bicyclic) bond motifs is 2. The van der Waals surface area contributed by atoms with Gasteiger partial charge >= 0.3 is 6.03 Å². The molecule has 0 unspecified atom stereocenters. The second-order valence-electron chi connectivity index (χ2n) is 9.28. The lowest BCUT2D eigenvalue weighted by Gasteiger charge is -2.19. The number of urea groups is 1. The highest BCUT2D eigenvalue weighted by molar-refractivity contribution is 7.90. The van der Waals surface area contributed by atoms with E-state index in [2.05, 4.69) is 26.2 Å². The lowest BCUT2D eigenvalue weighted by atomic mass is 9.93. The number of sulfonamides is 1. The van der Waals surface area contributed by atoms with Crippen molar-refractivity contribution in [3.8, 4) is 16.9 Å². The topological polar surface area (TPSA) is 115 Å². The summed E-state index contributed by atoms with van der Waals surface area (Å²) in [6, 6.07) is 8.59. The first kappa shape index (κ1) is 22.5. The molecule has 3 aromatic heterocycles. The molecule has 184 valence electrons. The number of anilines is 1. The first-order valence-corrected chi connectivity index (χ1v) is 13.4. The molecule has 3 heterocycles. The van der Waals surface area contributed by atoms with Gasteiger partial charge in [-0.05, 0) is 79.5 Å². The second-order valence-corrected chi connectivity index (χ2v) is 11.0. The van der Waals surface area contributed by atoms with Gasteiger partial charge in [0, 0.05) is 30.2 Å². The summed E-state index contributed by atoms with van der Waals surface area (Å²) < 4.78 is 35.5. The van der Waals surface area contributed by atoms with Crippen LogP contribution in [-0.2, 0) is 22.9 Å². The molecule has 2 N–H and O–H groups in total. The molecule has 0 atom stereocenters. The minimum atomic E-state index is -4.16. The minimum Gasteiger partial charge on any atom is -0.489 e. The van der Waals surface area contributed by atoms with E-state index < -0.39 is 16.1 Å². The van der Waals surface area contributed by atoms with Crippen molar-refractivity contribution >= 4 is 27.3 Å². The Bertz CT molecular complexity index is 1610. The van der Waals surface area contributed by atoms with Gasteiger partial charge in [-0.2, -0.15) is 5.10 Å². The van der Waals surface area contributed by atoms with Gasteiger partial charge in [0.05, 0.1) is 23.5 Å². The molecule has 9 nitrogen and oxygen atoms in total. The highest BCUT2D eigenvalue weighted by Gasteiger charge is 2.27. The Morgan fingerprint density at radius 2 is 2.00 bits per heavy atom. The zero-order chi connectivity index (χ0) is 24.9. The van der Waals surface area contributed by atoms with Crippen LogP contribution in [0.2, 0.25) is 0 Å². The van der Waals surface area contributed by atoms with Gasteiger partial charge in [-0.15, -0.1) is 0 Å². The van der Waals surface area contributed by atoms with Crippen LogP contribution in [0.25, 0.3) is 16.6 Å². The third kappa shape index (κ3) is 4.28. The Hall–Kier alpha value is -3.92. The molecule has 0 saturated heterocycles. The smallest absolute Gasteiger partial charge is 0.333 e. The van der Waals surface area contributed by atoms with Crippen LogP contribution in [0.4, 0.5) is 10.5 Å². The number of nitrogens with one attached hydrogen (secondary N) is 2. The van der Waals surface area contributed by atoms with Crippen LogP contribution in [0.3, 0.4) is 0 Å². The average molecular weight is 504 g/mol. The van der Waals surface area contributed by atoms with Gasteiger partial charge in [0.15, 0.2) is 0 Å². The fourth-order valence-corrected chi connectivity index (χ4v) is 5.67. The van der Waals surface area contributed by atoms with Crippen molar-refractivity contribution in [2.75, 3.05) is 5.32 Å². The molecule has 10 heteroatoms. The molecular weight excluding hydrogens is 478 g/mol. The highest BCUT2D eigenvalue weighted by Crippen LogP contribution is 2.40. The van der Waals surface area contributed by atoms with E-state index in [1.165, 1.54) is 24.0 Å². The predicted octanol–water partition coefficient (Wildman–Crippen LogP) is 4.25. The van der Waals surface area contributed by atoms with Crippen molar-refractivity contribution < 1.29 is 17.9 Å². The number of amides is 2. The Balaban J connectivity index is 1.32. The minimum absolute atomic E-state index is 0.102. The Morgan fingerprint density at radius 3 is 2.83 bits per heavy atom. The van der Waals surface area contributed by atoms with Crippen molar-refractivity contribution in [1.29, 1.82) is 0 Å². The maximum atomic E-state index is 13.1. The van der Waals surface area contributed by atoms with E-state index in [9.17, 15) is 13.2 Å². The molecule has 2 aliphatic carbocycles. The summed E-state index contributed by atoms with van der Waals surface area (Å²) in [6.07, 6.45) is 11.0. The van der Waals surface area contributed by atoms with Gasteiger partial charge < -0.3 is 10.1 Å².